The maximum absolute atomic E-state index is 13.0. The Hall–Kier alpha value is -2.15. The van der Waals surface area contributed by atoms with Gasteiger partial charge in [0.15, 0.2) is 5.13 Å². The number of hydrogen-bond acceptors (Lipinski definition) is 5. The molecule has 0 aliphatic heterocycles. The summed E-state index contributed by atoms with van der Waals surface area (Å²) in [7, 11) is 1.70. The fraction of sp³-hybridized carbons (Fsp3) is 0.167. The Bertz CT molecular complexity index is 599. The SMILES string of the molecule is CNc1nc(N)c(C(=O)NCc2cccc(F)c2)s1. The summed E-state index contributed by atoms with van der Waals surface area (Å²) in [4.78, 5) is 16.2. The number of amides is 1. The van der Waals surface area contributed by atoms with Crippen molar-refractivity contribution in [3.63, 3.8) is 0 Å². The van der Waals surface area contributed by atoms with Crippen LogP contribution >= 0.6 is 11.3 Å². The van der Waals surface area contributed by atoms with E-state index < -0.39 is 0 Å². The number of nitrogen functional groups attached to an aromatic ring is 1. The highest BCUT2D eigenvalue weighted by atomic mass is 32.1. The summed E-state index contributed by atoms with van der Waals surface area (Å²) in [6.07, 6.45) is 0. The first kappa shape index (κ1) is 13.3. The fourth-order valence-electron chi connectivity index (χ4n) is 1.51. The molecular weight excluding hydrogens is 267 g/mol. The molecule has 0 fully saturated rings. The van der Waals surface area contributed by atoms with E-state index >= 15 is 0 Å². The third-order valence-electron chi connectivity index (χ3n) is 2.42. The largest absolute Gasteiger partial charge is 0.382 e. The normalized spacial score (nSPS) is 10.2. The van der Waals surface area contributed by atoms with E-state index in [-0.39, 0.29) is 24.1 Å². The van der Waals surface area contributed by atoms with E-state index in [0.717, 1.165) is 0 Å². The lowest BCUT2D eigenvalue weighted by Gasteiger charge is -2.04. The number of anilines is 2. The van der Waals surface area contributed by atoms with Gasteiger partial charge in [-0.2, -0.15) is 0 Å². The van der Waals surface area contributed by atoms with Crippen LogP contribution in [-0.4, -0.2) is 17.9 Å². The molecule has 19 heavy (non-hydrogen) atoms. The number of carbonyl (C=O) groups excluding carboxylic acids is 1. The van der Waals surface area contributed by atoms with Gasteiger partial charge in [0, 0.05) is 13.6 Å². The number of halogens is 1. The van der Waals surface area contributed by atoms with E-state index in [4.69, 9.17) is 5.73 Å². The summed E-state index contributed by atoms with van der Waals surface area (Å²) in [5.41, 5.74) is 6.33. The number of nitrogens with zero attached hydrogens (tertiary/aromatic N) is 1. The van der Waals surface area contributed by atoms with Crippen molar-refractivity contribution < 1.29 is 9.18 Å². The lowest BCUT2D eigenvalue weighted by atomic mass is 10.2. The lowest BCUT2D eigenvalue weighted by Crippen LogP contribution is -2.22. The van der Waals surface area contributed by atoms with E-state index in [1.54, 1.807) is 19.2 Å². The minimum Gasteiger partial charge on any atom is -0.382 e. The number of nitrogens with two attached hydrogens (primary N) is 1. The lowest BCUT2D eigenvalue weighted by molar-refractivity contribution is 0.0955. The van der Waals surface area contributed by atoms with E-state index in [2.05, 4.69) is 15.6 Å². The molecule has 0 atom stereocenters. The summed E-state index contributed by atoms with van der Waals surface area (Å²) in [5, 5.41) is 6.08. The monoisotopic (exact) mass is 280 g/mol. The van der Waals surface area contributed by atoms with Crippen molar-refractivity contribution in [3.05, 3.63) is 40.5 Å². The molecule has 0 unspecified atom stereocenters. The Labute approximate surface area is 113 Å². The number of benzene rings is 1. The Morgan fingerprint density at radius 3 is 2.95 bits per heavy atom. The molecule has 1 aromatic carbocycles. The zero-order valence-electron chi connectivity index (χ0n) is 10.2. The molecule has 0 saturated carbocycles. The summed E-state index contributed by atoms with van der Waals surface area (Å²) < 4.78 is 13.0. The molecule has 7 heteroatoms. The molecule has 5 nitrogen and oxygen atoms in total. The van der Waals surface area contributed by atoms with Crippen molar-refractivity contribution in [2.24, 2.45) is 0 Å². The Morgan fingerprint density at radius 1 is 1.53 bits per heavy atom. The molecule has 0 saturated heterocycles. The molecule has 0 aliphatic rings. The van der Waals surface area contributed by atoms with Gasteiger partial charge >= 0.3 is 0 Å². The first-order valence-corrected chi connectivity index (χ1v) is 6.38. The van der Waals surface area contributed by atoms with Crippen molar-refractivity contribution in [2.75, 3.05) is 18.1 Å². The number of rotatable bonds is 4. The first-order chi connectivity index (χ1) is 9.10. The van der Waals surface area contributed by atoms with Crippen molar-refractivity contribution in [1.82, 2.24) is 10.3 Å². The van der Waals surface area contributed by atoms with Gasteiger partial charge in [-0.25, -0.2) is 9.37 Å². The zero-order chi connectivity index (χ0) is 13.8. The van der Waals surface area contributed by atoms with Gasteiger partial charge in [0.25, 0.3) is 5.91 Å². The van der Waals surface area contributed by atoms with Gasteiger partial charge in [-0.15, -0.1) is 0 Å². The second kappa shape index (κ2) is 5.66. The Kier molecular flexibility index (Phi) is 3.96. The van der Waals surface area contributed by atoms with Crippen LogP contribution < -0.4 is 16.4 Å². The van der Waals surface area contributed by atoms with Gasteiger partial charge in [0.05, 0.1) is 0 Å². The topological polar surface area (TPSA) is 80.0 Å². The third kappa shape index (κ3) is 3.19. The molecular formula is C12H13FN4OS. The number of nitrogens with one attached hydrogen (secondary N) is 2. The summed E-state index contributed by atoms with van der Waals surface area (Å²) in [6.45, 7) is 0.239. The minimum atomic E-state index is -0.332. The van der Waals surface area contributed by atoms with Crippen molar-refractivity contribution in [2.45, 2.75) is 6.54 Å². The van der Waals surface area contributed by atoms with Crippen LogP contribution in [0.5, 0.6) is 0 Å². The van der Waals surface area contributed by atoms with Crippen molar-refractivity contribution in [3.8, 4) is 0 Å². The smallest absolute Gasteiger partial charge is 0.265 e. The molecule has 0 radical (unpaired) electrons. The van der Waals surface area contributed by atoms with Crippen LogP contribution in [0.1, 0.15) is 15.2 Å². The zero-order valence-corrected chi connectivity index (χ0v) is 11.1. The molecule has 1 heterocycles. The average Bonchev–Trinajstić information content (AvgIpc) is 2.77. The molecule has 1 amide bonds. The maximum Gasteiger partial charge on any atom is 0.265 e. The van der Waals surface area contributed by atoms with Crippen molar-refractivity contribution >= 4 is 28.2 Å². The predicted octanol–water partition coefficient (Wildman–Crippen LogP) is 1.84. The van der Waals surface area contributed by atoms with Gasteiger partial charge in [-0.3, -0.25) is 4.79 Å². The van der Waals surface area contributed by atoms with Gasteiger partial charge in [0.1, 0.15) is 16.5 Å². The van der Waals surface area contributed by atoms with Crippen LogP contribution in [0, 0.1) is 5.82 Å². The molecule has 0 aliphatic carbocycles. The van der Waals surface area contributed by atoms with E-state index in [1.165, 1.54) is 23.5 Å². The summed E-state index contributed by atoms with van der Waals surface area (Å²) >= 11 is 1.17. The first-order valence-electron chi connectivity index (χ1n) is 5.57. The highest BCUT2D eigenvalue weighted by molar-refractivity contribution is 7.18. The van der Waals surface area contributed by atoms with Crippen molar-refractivity contribution in [1.29, 1.82) is 0 Å². The predicted molar refractivity (Wildman–Crippen MR) is 73.6 cm³/mol. The number of carbonyl (C=O) groups is 1. The number of hydrogen-bond donors (Lipinski definition) is 3. The molecule has 0 spiro atoms. The maximum atomic E-state index is 13.0. The third-order valence-corrected chi connectivity index (χ3v) is 3.50. The second-order valence-electron chi connectivity index (χ2n) is 3.80. The number of thiazole rings is 1. The highest BCUT2D eigenvalue weighted by Crippen LogP contribution is 2.24. The van der Waals surface area contributed by atoms with Gasteiger partial charge in [-0.1, -0.05) is 23.5 Å². The van der Waals surface area contributed by atoms with E-state index in [0.29, 0.717) is 15.6 Å². The second-order valence-corrected chi connectivity index (χ2v) is 4.80. The molecule has 0 bridgehead atoms. The van der Waals surface area contributed by atoms with Crippen LogP contribution in [0.2, 0.25) is 0 Å². The van der Waals surface area contributed by atoms with Gasteiger partial charge < -0.3 is 16.4 Å². The summed E-state index contributed by atoms with van der Waals surface area (Å²) in [6, 6.07) is 6.05. The van der Waals surface area contributed by atoms with Gasteiger partial charge in [-0.05, 0) is 17.7 Å². The molecule has 4 N–H and O–H groups in total. The Balaban J connectivity index is 2.03. The quantitative estimate of drug-likeness (QED) is 0.798. The van der Waals surface area contributed by atoms with Crippen LogP contribution in [0.3, 0.4) is 0 Å². The van der Waals surface area contributed by atoms with Crippen LogP contribution in [0.15, 0.2) is 24.3 Å². The average molecular weight is 280 g/mol. The standard InChI is InChI=1S/C12H13FN4OS/c1-15-12-17-10(14)9(19-12)11(18)16-6-7-3-2-4-8(13)5-7/h2-5H,6,14H2,1H3,(H,15,17)(H,16,18). The minimum absolute atomic E-state index is 0.186. The van der Waals surface area contributed by atoms with Crippen LogP contribution in [0.25, 0.3) is 0 Å². The van der Waals surface area contributed by atoms with E-state index in [1.807, 2.05) is 0 Å². The molecule has 2 aromatic rings. The molecule has 2 rings (SSSR count). The van der Waals surface area contributed by atoms with Crippen LogP contribution in [0.4, 0.5) is 15.3 Å². The molecule has 100 valence electrons. The van der Waals surface area contributed by atoms with Crippen LogP contribution in [-0.2, 0) is 6.54 Å². The van der Waals surface area contributed by atoms with E-state index in [9.17, 15) is 9.18 Å². The molecule has 1 aromatic heterocycles. The summed E-state index contributed by atoms with van der Waals surface area (Å²) in [5.74, 6) is -0.464. The highest BCUT2D eigenvalue weighted by Gasteiger charge is 2.15. The number of aromatic nitrogens is 1. The Morgan fingerprint density at radius 2 is 2.32 bits per heavy atom. The van der Waals surface area contributed by atoms with Gasteiger partial charge in [0.2, 0.25) is 0 Å². The fourth-order valence-corrected chi connectivity index (χ4v) is 2.27.